The van der Waals surface area contributed by atoms with Gasteiger partial charge in [0, 0.05) is 0 Å². The van der Waals surface area contributed by atoms with E-state index in [4.69, 9.17) is 0 Å². The zero-order chi connectivity index (χ0) is 15.4. The molecule has 0 radical (unpaired) electrons. The number of hydrogen-bond donors (Lipinski definition) is 0. The molecule has 0 aliphatic heterocycles. The molecule has 1 aromatic rings. The molecule has 3 rings (SSSR count). The largest absolute Gasteiger partial charge is 0.0651 e. The highest BCUT2D eigenvalue weighted by atomic mass is 14.4. The Morgan fingerprint density at radius 3 is 1.91 bits per heavy atom. The summed E-state index contributed by atoms with van der Waals surface area (Å²) in [6, 6.07) is 11.2. The minimum atomic E-state index is 0.748. The van der Waals surface area contributed by atoms with Gasteiger partial charge in [-0.3, -0.25) is 0 Å². The maximum atomic E-state index is 2.45. The third-order valence-corrected chi connectivity index (χ3v) is 6.98. The summed E-state index contributed by atoms with van der Waals surface area (Å²) < 4.78 is 0. The van der Waals surface area contributed by atoms with Crippen LogP contribution >= 0.6 is 0 Å². The van der Waals surface area contributed by atoms with E-state index < -0.39 is 0 Å². The summed E-state index contributed by atoms with van der Waals surface area (Å²) in [4.78, 5) is 0. The zero-order valence-corrected chi connectivity index (χ0v) is 14.6. The van der Waals surface area contributed by atoms with Crippen molar-refractivity contribution in [1.29, 1.82) is 0 Å². The molecule has 22 heavy (non-hydrogen) atoms. The highest BCUT2D eigenvalue weighted by Crippen LogP contribution is 2.44. The topological polar surface area (TPSA) is 0 Å². The standard InChI is InChI=1S/C22H34/c1-3-18-9-11-21(12-10-18)22-15-13-20(14-16-22)17(2)19-7-5-4-6-8-19/h4-8,17-18,20-22H,3,9-16H2,1-2H3. The Balaban J connectivity index is 1.48. The lowest BCUT2D eigenvalue weighted by Gasteiger charge is -2.39. The molecule has 0 spiro atoms. The second kappa shape index (κ2) is 7.66. The molecule has 2 saturated carbocycles. The van der Waals surface area contributed by atoms with E-state index in [2.05, 4.69) is 44.2 Å². The predicted octanol–water partition coefficient (Wildman–Crippen LogP) is 6.81. The number of rotatable bonds is 4. The van der Waals surface area contributed by atoms with Crippen molar-refractivity contribution in [3.8, 4) is 0 Å². The van der Waals surface area contributed by atoms with Crippen LogP contribution in [0.25, 0.3) is 0 Å². The third-order valence-electron chi connectivity index (χ3n) is 6.98. The quantitative estimate of drug-likeness (QED) is 0.572. The van der Waals surface area contributed by atoms with Crippen molar-refractivity contribution in [2.75, 3.05) is 0 Å². The van der Waals surface area contributed by atoms with Crippen LogP contribution in [0.1, 0.15) is 83.1 Å². The Morgan fingerprint density at radius 2 is 1.36 bits per heavy atom. The first-order valence-corrected chi connectivity index (χ1v) is 9.82. The van der Waals surface area contributed by atoms with Crippen LogP contribution in [0, 0.1) is 23.7 Å². The van der Waals surface area contributed by atoms with E-state index in [1.54, 1.807) is 5.56 Å². The van der Waals surface area contributed by atoms with Crippen molar-refractivity contribution in [3.63, 3.8) is 0 Å². The van der Waals surface area contributed by atoms with Crippen LogP contribution in [0.5, 0.6) is 0 Å². The van der Waals surface area contributed by atoms with Gasteiger partial charge in [0.25, 0.3) is 0 Å². The third kappa shape index (κ3) is 3.76. The van der Waals surface area contributed by atoms with Crippen LogP contribution in [-0.4, -0.2) is 0 Å². The average Bonchev–Trinajstić information content (AvgIpc) is 2.62. The predicted molar refractivity (Wildman–Crippen MR) is 96.0 cm³/mol. The first-order chi connectivity index (χ1) is 10.8. The Labute approximate surface area is 137 Å². The molecule has 122 valence electrons. The van der Waals surface area contributed by atoms with Crippen LogP contribution in [0.3, 0.4) is 0 Å². The first-order valence-electron chi connectivity index (χ1n) is 9.82. The van der Waals surface area contributed by atoms with Crippen LogP contribution in [0.2, 0.25) is 0 Å². The van der Waals surface area contributed by atoms with Crippen LogP contribution in [0.4, 0.5) is 0 Å². The molecular formula is C22H34. The lowest BCUT2D eigenvalue weighted by molar-refractivity contribution is 0.138. The van der Waals surface area contributed by atoms with Gasteiger partial charge in [-0.05, 0) is 73.7 Å². The average molecular weight is 299 g/mol. The molecule has 0 heteroatoms. The van der Waals surface area contributed by atoms with E-state index in [0.29, 0.717) is 0 Å². The molecule has 0 aromatic heterocycles. The van der Waals surface area contributed by atoms with Gasteiger partial charge < -0.3 is 0 Å². The Hall–Kier alpha value is -0.780. The highest BCUT2D eigenvalue weighted by Gasteiger charge is 2.32. The Morgan fingerprint density at radius 1 is 0.818 bits per heavy atom. The highest BCUT2D eigenvalue weighted by molar-refractivity contribution is 5.19. The second-order valence-electron chi connectivity index (χ2n) is 8.06. The van der Waals surface area contributed by atoms with Crippen LogP contribution in [0.15, 0.2) is 30.3 Å². The molecule has 1 atom stereocenters. The molecule has 2 aliphatic carbocycles. The molecule has 2 fully saturated rings. The van der Waals surface area contributed by atoms with Crippen LogP contribution in [-0.2, 0) is 0 Å². The molecule has 0 bridgehead atoms. The van der Waals surface area contributed by atoms with Gasteiger partial charge >= 0.3 is 0 Å². The molecule has 1 aromatic carbocycles. The monoisotopic (exact) mass is 298 g/mol. The summed E-state index contributed by atoms with van der Waals surface area (Å²) in [7, 11) is 0. The Bertz CT molecular complexity index is 419. The number of hydrogen-bond acceptors (Lipinski definition) is 0. The minimum Gasteiger partial charge on any atom is -0.0651 e. The van der Waals surface area contributed by atoms with E-state index >= 15 is 0 Å². The van der Waals surface area contributed by atoms with E-state index in [1.807, 2.05) is 0 Å². The summed E-state index contributed by atoms with van der Waals surface area (Å²) >= 11 is 0. The molecule has 0 nitrogen and oxygen atoms in total. The maximum Gasteiger partial charge on any atom is -0.0162 e. The summed E-state index contributed by atoms with van der Waals surface area (Å²) in [5.41, 5.74) is 1.55. The minimum absolute atomic E-state index is 0.748. The van der Waals surface area contributed by atoms with Gasteiger partial charge in [0.1, 0.15) is 0 Å². The van der Waals surface area contributed by atoms with E-state index in [-0.39, 0.29) is 0 Å². The summed E-state index contributed by atoms with van der Waals surface area (Å²) in [6.45, 7) is 4.83. The van der Waals surface area contributed by atoms with Gasteiger partial charge in [-0.1, -0.05) is 63.4 Å². The van der Waals surface area contributed by atoms with Gasteiger partial charge in [-0.15, -0.1) is 0 Å². The van der Waals surface area contributed by atoms with E-state index in [1.165, 1.54) is 57.8 Å². The van der Waals surface area contributed by atoms with Crippen molar-refractivity contribution < 1.29 is 0 Å². The molecular weight excluding hydrogens is 264 g/mol. The van der Waals surface area contributed by atoms with Gasteiger partial charge in [0.15, 0.2) is 0 Å². The lowest BCUT2D eigenvalue weighted by atomic mass is 9.67. The van der Waals surface area contributed by atoms with E-state index in [0.717, 1.165) is 29.6 Å². The molecule has 0 N–H and O–H groups in total. The normalized spacial score (nSPS) is 34.3. The second-order valence-corrected chi connectivity index (χ2v) is 8.06. The molecule has 1 unspecified atom stereocenters. The summed E-state index contributed by atoms with van der Waals surface area (Å²) in [5.74, 6) is 4.84. The van der Waals surface area contributed by atoms with Gasteiger partial charge in [-0.2, -0.15) is 0 Å². The smallest absolute Gasteiger partial charge is 0.0162 e. The SMILES string of the molecule is CCC1CCC(C2CCC(C(C)c3ccccc3)CC2)CC1. The molecule has 2 aliphatic rings. The van der Waals surface area contributed by atoms with Crippen molar-refractivity contribution in [2.24, 2.45) is 23.7 Å². The van der Waals surface area contributed by atoms with Crippen molar-refractivity contribution >= 4 is 0 Å². The van der Waals surface area contributed by atoms with Gasteiger partial charge in [0.05, 0.1) is 0 Å². The fraction of sp³-hybridized carbons (Fsp3) is 0.727. The van der Waals surface area contributed by atoms with Gasteiger partial charge in [-0.25, -0.2) is 0 Å². The Kier molecular flexibility index (Phi) is 5.61. The lowest BCUT2D eigenvalue weighted by Crippen LogP contribution is -2.27. The fourth-order valence-corrected chi connectivity index (χ4v) is 5.21. The molecule has 0 saturated heterocycles. The van der Waals surface area contributed by atoms with Crippen molar-refractivity contribution in [3.05, 3.63) is 35.9 Å². The summed E-state index contributed by atoms with van der Waals surface area (Å²) in [5, 5.41) is 0. The maximum absolute atomic E-state index is 2.45. The summed E-state index contributed by atoms with van der Waals surface area (Å²) in [6.07, 6.45) is 13.4. The molecule has 0 amide bonds. The van der Waals surface area contributed by atoms with Gasteiger partial charge in [0.2, 0.25) is 0 Å². The first kappa shape index (κ1) is 16.1. The van der Waals surface area contributed by atoms with Crippen molar-refractivity contribution in [1.82, 2.24) is 0 Å². The molecule has 0 heterocycles. The zero-order valence-electron chi connectivity index (χ0n) is 14.6. The fourth-order valence-electron chi connectivity index (χ4n) is 5.21. The van der Waals surface area contributed by atoms with E-state index in [9.17, 15) is 0 Å². The number of benzene rings is 1. The van der Waals surface area contributed by atoms with Crippen LogP contribution < -0.4 is 0 Å². The van der Waals surface area contributed by atoms with Crippen molar-refractivity contribution in [2.45, 2.75) is 77.6 Å².